The smallest absolute Gasteiger partial charge is 0.306 e. The fourth-order valence-corrected chi connectivity index (χ4v) is 3.11. The summed E-state index contributed by atoms with van der Waals surface area (Å²) in [7, 11) is 0. The molecule has 122 valence electrons. The highest BCUT2D eigenvalue weighted by Gasteiger charge is 2.31. The molecule has 1 amide bonds. The Labute approximate surface area is 130 Å². The van der Waals surface area contributed by atoms with E-state index >= 15 is 0 Å². The van der Waals surface area contributed by atoms with Crippen LogP contribution in [0.1, 0.15) is 56.5 Å². The summed E-state index contributed by atoms with van der Waals surface area (Å²) in [6.45, 7) is 4.40. The van der Waals surface area contributed by atoms with Gasteiger partial charge in [-0.2, -0.15) is 0 Å². The Morgan fingerprint density at radius 1 is 1.27 bits per heavy atom. The summed E-state index contributed by atoms with van der Waals surface area (Å²) < 4.78 is 5.28. The van der Waals surface area contributed by atoms with Crippen LogP contribution in [0.3, 0.4) is 0 Å². The van der Waals surface area contributed by atoms with Crippen molar-refractivity contribution in [2.24, 2.45) is 11.8 Å². The first kappa shape index (κ1) is 16.5. The van der Waals surface area contributed by atoms with E-state index in [2.05, 4.69) is 10.5 Å². The van der Waals surface area contributed by atoms with Crippen LogP contribution in [0.25, 0.3) is 0 Å². The highest BCUT2D eigenvalue weighted by molar-refractivity contribution is 5.80. The van der Waals surface area contributed by atoms with E-state index in [1.165, 1.54) is 0 Å². The number of hydrogen-bond acceptors (Lipinski definition) is 4. The minimum absolute atomic E-state index is 0.0590. The number of aryl methyl sites for hydroxylation is 2. The number of nitrogens with zero attached hydrogens (tertiary/aromatic N) is 1. The lowest BCUT2D eigenvalue weighted by atomic mass is 9.81. The molecule has 0 radical (unpaired) electrons. The fraction of sp³-hybridized carbons (Fsp3) is 0.688. The average Bonchev–Trinajstić information content (AvgIpc) is 2.94. The van der Waals surface area contributed by atoms with Crippen LogP contribution in [0.5, 0.6) is 0 Å². The van der Waals surface area contributed by atoms with E-state index < -0.39 is 11.9 Å². The van der Waals surface area contributed by atoms with Crippen LogP contribution >= 0.6 is 0 Å². The molecule has 0 bridgehead atoms. The molecule has 1 heterocycles. The topological polar surface area (TPSA) is 92.4 Å². The van der Waals surface area contributed by atoms with Crippen molar-refractivity contribution in [2.45, 2.75) is 58.9 Å². The van der Waals surface area contributed by atoms with E-state index in [1.54, 1.807) is 0 Å². The van der Waals surface area contributed by atoms with Crippen molar-refractivity contribution >= 4 is 11.9 Å². The zero-order valence-electron chi connectivity index (χ0n) is 13.2. The van der Waals surface area contributed by atoms with Gasteiger partial charge in [0.05, 0.1) is 11.6 Å². The van der Waals surface area contributed by atoms with Crippen molar-refractivity contribution in [3.05, 3.63) is 17.0 Å². The van der Waals surface area contributed by atoms with Gasteiger partial charge in [-0.3, -0.25) is 9.59 Å². The Balaban J connectivity index is 1.95. The molecular formula is C16H24N2O4. The first-order chi connectivity index (χ1) is 10.6. The average molecular weight is 308 g/mol. The van der Waals surface area contributed by atoms with Crippen molar-refractivity contribution in [2.75, 3.05) is 0 Å². The molecule has 2 atom stereocenters. The van der Waals surface area contributed by atoms with Gasteiger partial charge in [0, 0.05) is 24.4 Å². The number of aromatic nitrogens is 1. The van der Waals surface area contributed by atoms with Gasteiger partial charge >= 0.3 is 5.97 Å². The summed E-state index contributed by atoms with van der Waals surface area (Å²) in [5.74, 6) is -0.638. The number of aliphatic carboxylic acids is 1. The second kappa shape index (κ2) is 7.42. The van der Waals surface area contributed by atoms with Crippen molar-refractivity contribution in [1.82, 2.24) is 10.5 Å². The minimum Gasteiger partial charge on any atom is -0.481 e. The molecule has 1 fully saturated rings. The quantitative estimate of drug-likeness (QED) is 0.841. The molecule has 6 heteroatoms. The molecule has 1 aliphatic rings. The molecule has 0 spiro atoms. The first-order valence-electron chi connectivity index (χ1n) is 8.03. The van der Waals surface area contributed by atoms with Gasteiger partial charge in [-0.25, -0.2) is 0 Å². The van der Waals surface area contributed by atoms with Gasteiger partial charge in [-0.1, -0.05) is 25.4 Å². The molecule has 6 nitrogen and oxygen atoms in total. The van der Waals surface area contributed by atoms with E-state index in [-0.39, 0.29) is 11.8 Å². The molecule has 0 aromatic carbocycles. The summed E-state index contributed by atoms with van der Waals surface area (Å²) >= 11 is 0. The van der Waals surface area contributed by atoms with Crippen molar-refractivity contribution in [3.8, 4) is 0 Å². The lowest BCUT2D eigenvalue weighted by Crippen LogP contribution is -2.35. The van der Waals surface area contributed by atoms with Crippen LogP contribution in [-0.4, -0.2) is 22.1 Å². The molecular weight excluding hydrogens is 284 g/mol. The predicted molar refractivity (Wildman–Crippen MR) is 80.2 cm³/mol. The summed E-state index contributed by atoms with van der Waals surface area (Å²) in [5.41, 5.74) is 1.84. The van der Waals surface area contributed by atoms with E-state index in [0.717, 1.165) is 42.7 Å². The summed E-state index contributed by atoms with van der Waals surface area (Å²) in [6, 6.07) is 0. The van der Waals surface area contributed by atoms with Gasteiger partial charge in [0.1, 0.15) is 5.76 Å². The molecule has 1 aliphatic carbocycles. The maximum atomic E-state index is 12.3. The predicted octanol–water partition coefficient (Wildman–Crippen LogP) is 2.31. The van der Waals surface area contributed by atoms with Gasteiger partial charge in [0.2, 0.25) is 5.91 Å². The van der Waals surface area contributed by atoms with Gasteiger partial charge in [0.15, 0.2) is 0 Å². The summed E-state index contributed by atoms with van der Waals surface area (Å²) in [4.78, 5) is 23.4. The van der Waals surface area contributed by atoms with E-state index in [9.17, 15) is 9.59 Å². The summed E-state index contributed by atoms with van der Waals surface area (Å²) in [5, 5.41) is 16.1. The number of carboxylic acids is 1. The highest BCUT2D eigenvalue weighted by atomic mass is 16.5. The molecule has 2 rings (SSSR count). The lowest BCUT2D eigenvalue weighted by Gasteiger charge is -2.25. The normalized spacial score (nSPS) is 21.5. The van der Waals surface area contributed by atoms with Crippen LogP contribution < -0.4 is 5.32 Å². The van der Waals surface area contributed by atoms with Crippen LogP contribution in [0, 0.1) is 11.8 Å². The molecule has 1 saturated carbocycles. The van der Waals surface area contributed by atoms with Crippen LogP contribution in [-0.2, 0) is 29.0 Å². The van der Waals surface area contributed by atoms with Crippen LogP contribution in [0.4, 0.5) is 0 Å². The second-order valence-corrected chi connectivity index (χ2v) is 5.85. The van der Waals surface area contributed by atoms with Gasteiger partial charge < -0.3 is 14.9 Å². The van der Waals surface area contributed by atoms with Gasteiger partial charge in [-0.05, 0) is 25.7 Å². The molecule has 1 aromatic heterocycles. The number of amides is 1. The number of carbonyl (C=O) groups excluding carboxylic acids is 1. The highest BCUT2D eigenvalue weighted by Crippen LogP contribution is 2.29. The molecule has 0 saturated heterocycles. The SMILES string of the molecule is CCc1noc(CC)c1CNC(=O)C1CCCC(C(=O)O)C1. The van der Waals surface area contributed by atoms with Gasteiger partial charge in [0.25, 0.3) is 0 Å². The molecule has 22 heavy (non-hydrogen) atoms. The number of carbonyl (C=O) groups is 2. The standard InChI is InChI=1S/C16H24N2O4/c1-3-13-12(14(4-2)22-18-13)9-17-15(19)10-6-5-7-11(8-10)16(20)21/h10-11H,3-9H2,1-2H3,(H,17,19)(H,20,21). The Morgan fingerprint density at radius 2 is 2.00 bits per heavy atom. The Bertz CT molecular complexity index is 517. The van der Waals surface area contributed by atoms with Crippen molar-refractivity contribution in [1.29, 1.82) is 0 Å². The molecule has 2 unspecified atom stereocenters. The first-order valence-corrected chi connectivity index (χ1v) is 8.03. The van der Waals surface area contributed by atoms with E-state index in [4.69, 9.17) is 9.63 Å². The number of nitrogens with one attached hydrogen (secondary N) is 1. The molecule has 2 N–H and O–H groups in total. The third-order valence-electron chi connectivity index (χ3n) is 4.44. The maximum absolute atomic E-state index is 12.3. The molecule has 0 aliphatic heterocycles. The fourth-order valence-electron chi connectivity index (χ4n) is 3.11. The largest absolute Gasteiger partial charge is 0.481 e. The Morgan fingerprint density at radius 3 is 2.64 bits per heavy atom. The van der Waals surface area contributed by atoms with E-state index in [0.29, 0.717) is 19.4 Å². The maximum Gasteiger partial charge on any atom is 0.306 e. The Kier molecular flexibility index (Phi) is 5.57. The minimum atomic E-state index is -0.793. The molecule has 1 aromatic rings. The summed E-state index contributed by atoms with van der Waals surface area (Å²) in [6.07, 6.45) is 4.17. The number of hydrogen-bond donors (Lipinski definition) is 2. The zero-order chi connectivity index (χ0) is 16.1. The Hall–Kier alpha value is -1.85. The van der Waals surface area contributed by atoms with E-state index in [1.807, 2.05) is 13.8 Å². The number of rotatable bonds is 6. The van der Waals surface area contributed by atoms with Crippen LogP contribution in [0.15, 0.2) is 4.52 Å². The lowest BCUT2D eigenvalue weighted by molar-refractivity contribution is -0.144. The third-order valence-corrected chi connectivity index (χ3v) is 4.44. The van der Waals surface area contributed by atoms with Crippen molar-refractivity contribution in [3.63, 3.8) is 0 Å². The monoisotopic (exact) mass is 308 g/mol. The zero-order valence-corrected chi connectivity index (χ0v) is 13.2. The van der Waals surface area contributed by atoms with Crippen molar-refractivity contribution < 1.29 is 19.2 Å². The van der Waals surface area contributed by atoms with Gasteiger partial charge in [-0.15, -0.1) is 0 Å². The second-order valence-electron chi connectivity index (χ2n) is 5.85. The third kappa shape index (κ3) is 3.67. The number of carboxylic acid groups (broad SMARTS) is 1. The van der Waals surface area contributed by atoms with Crippen LogP contribution in [0.2, 0.25) is 0 Å².